The summed E-state index contributed by atoms with van der Waals surface area (Å²) in [6, 6.07) is 11.7. The van der Waals surface area contributed by atoms with Gasteiger partial charge in [-0.05, 0) is 55.6 Å². The number of amides is 3. The summed E-state index contributed by atoms with van der Waals surface area (Å²) in [4.78, 5) is 48.9. The van der Waals surface area contributed by atoms with Crippen LogP contribution in [0, 0.1) is 5.82 Å². The molecule has 188 valence electrons. The Bertz CT molecular complexity index is 1200. The number of rotatable bonds is 8. The van der Waals surface area contributed by atoms with Crippen molar-refractivity contribution in [2.24, 2.45) is 0 Å². The van der Waals surface area contributed by atoms with Crippen molar-refractivity contribution in [3.63, 3.8) is 0 Å². The number of H-pyrrole nitrogens is 1. The van der Waals surface area contributed by atoms with E-state index in [1.807, 2.05) is 0 Å². The van der Waals surface area contributed by atoms with Crippen molar-refractivity contribution in [3.8, 4) is 0 Å². The molecule has 11 heteroatoms. The van der Waals surface area contributed by atoms with Gasteiger partial charge in [-0.25, -0.2) is 9.37 Å². The highest BCUT2D eigenvalue weighted by Gasteiger charge is 2.21. The SMILES string of the molecule is CN1CCN(CCNC(=O)c2[nH]cnc2C(=O)Nc2ccc(NC(=O)c3ccc(F)cc3)cc2)CC1. The summed E-state index contributed by atoms with van der Waals surface area (Å²) in [5.41, 5.74) is 1.36. The number of anilines is 2. The van der Waals surface area contributed by atoms with Gasteiger partial charge in [0.15, 0.2) is 5.69 Å². The van der Waals surface area contributed by atoms with E-state index in [4.69, 9.17) is 0 Å². The lowest BCUT2D eigenvalue weighted by molar-refractivity contribution is 0.0924. The molecule has 0 spiro atoms. The van der Waals surface area contributed by atoms with Gasteiger partial charge >= 0.3 is 0 Å². The molecule has 4 N–H and O–H groups in total. The fraction of sp³-hybridized carbons (Fsp3) is 0.280. The first-order valence-corrected chi connectivity index (χ1v) is 11.6. The van der Waals surface area contributed by atoms with Crippen LogP contribution in [0.4, 0.5) is 15.8 Å². The average Bonchev–Trinajstić information content (AvgIpc) is 3.37. The van der Waals surface area contributed by atoms with Crippen LogP contribution in [-0.2, 0) is 0 Å². The monoisotopic (exact) mass is 493 g/mol. The molecule has 0 radical (unpaired) electrons. The van der Waals surface area contributed by atoms with E-state index in [9.17, 15) is 18.8 Å². The van der Waals surface area contributed by atoms with Crippen LogP contribution in [0.1, 0.15) is 31.3 Å². The first kappa shape index (κ1) is 25.0. The van der Waals surface area contributed by atoms with Gasteiger partial charge in [0.2, 0.25) is 0 Å². The van der Waals surface area contributed by atoms with E-state index in [0.717, 1.165) is 32.7 Å². The van der Waals surface area contributed by atoms with Crippen LogP contribution in [0.2, 0.25) is 0 Å². The Morgan fingerprint density at radius 2 is 1.50 bits per heavy atom. The zero-order chi connectivity index (χ0) is 25.5. The van der Waals surface area contributed by atoms with Gasteiger partial charge in [-0.15, -0.1) is 0 Å². The van der Waals surface area contributed by atoms with Gasteiger partial charge in [-0.3, -0.25) is 19.3 Å². The van der Waals surface area contributed by atoms with Gasteiger partial charge in [0, 0.05) is 56.2 Å². The maximum Gasteiger partial charge on any atom is 0.276 e. The number of benzene rings is 2. The smallest absolute Gasteiger partial charge is 0.276 e. The van der Waals surface area contributed by atoms with Crippen LogP contribution >= 0.6 is 0 Å². The molecule has 3 aromatic rings. The number of aromatic nitrogens is 2. The number of hydrogen-bond acceptors (Lipinski definition) is 6. The molecule has 0 aliphatic carbocycles. The molecule has 1 aliphatic rings. The maximum absolute atomic E-state index is 13.0. The molecule has 1 aromatic heterocycles. The van der Waals surface area contributed by atoms with Crippen molar-refractivity contribution in [2.45, 2.75) is 0 Å². The predicted octanol–water partition coefficient (Wildman–Crippen LogP) is 2.03. The number of aromatic amines is 1. The average molecular weight is 494 g/mol. The lowest BCUT2D eigenvalue weighted by atomic mass is 10.2. The molecule has 0 unspecified atom stereocenters. The van der Waals surface area contributed by atoms with E-state index in [-0.39, 0.29) is 17.3 Å². The van der Waals surface area contributed by atoms with Gasteiger partial charge < -0.3 is 25.8 Å². The molecule has 1 fully saturated rings. The Morgan fingerprint density at radius 3 is 2.14 bits per heavy atom. The minimum Gasteiger partial charge on any atom is -0.349 e. The Kier molecular flexibility index (Phi) is 8.03. The topological polar surface area (TPSA) is 122 Å². The normalized spacial score (nSPS) is 14.3. The van der Waals surface area contributed by atoms with Gasteiger partial charge in [0.05, 0.1) is 6.33 Å². The molecule has 2 aromatic carbocycles. The second kappa shape index (κ2) is 11.6. The van der Waals surface area contributed by atoms with Crippen molar-refractivity contribution in [3.05, 3.63) is 77.6 Å². The van der Waals surface area contributed by atoms with E-state index in [1.54, 1.807) is 24.3 Å². The summed E-state index contributed by atoms with van der Waals surface area (Å²) in [7, 11) is 2.09. The summed E-state index contributed by atoms with van der Waals surface area (Å²) in [5, 5.41) is 8.24. The van der Waals surface area contributed by atoms with Crippen molar-refractivity contribution < 1.29 is 18.8 Å². The molecule has 4 rings (SSSR count). The highest BCUT2D eigenvalue weighted by molar-refractivity contribution is 6.10. The van der Waals surface area contributed by atoms with E-state index >= 15 is 0 Å². The molecule has 2 heterocycles. The maximum atomic E-state index is 13.0. The van der Waals surface area contributed by atoms with Gasteiger partial charge in [-0.1, -0.05) is 0 Å². The Balaban J connectivity index is 1.29. The van der Waals surface area contributed by atoms with Gasteiger partial charge in [0.25, 0.3) is 17.7 Å². The van der Waals surface area contributed by atoms with Gasteiger partial charge in [-0.2, -0.15) is 0 Å². The molecule has 1 aliphatic heterocycles. The largest absolute Gasteiger partial charge is 0.349 e. The van der Waals surface area contributed by atoms with Gasteiger partial charge in [0.1, 0.15) is 11.5 Å². The number of piperazine rings is 1. The third kappa shape index (κ3) is 6.52. The van der Waals surface area contributed by atoms with Crippen LogP contribution in [0.3, 0.4) is 0 Å². The number of nitrogens with one attached hydrogen (secondary N) is 4. The first-order valence-electron chi connectivity index (χ1n) is 11.6. The molecular formula is C25H28FN7O3. The summed E-state index contributed by atoms with van der Waals surface area (Å²) >= 11 is 0. The number of hydrogen-bond donors (Lipinski definition) is 4. The molecule has 0 bridgehead atoms. The van der Waals surface area contributed by atoms with E-state index in [1.165, 1.54) is 30.6 Å². The van der Waals surface area contributed by atoms with Crippen molar-refractivity contribution in [1.29, 1.82) is 0 Å². The Labute approximate surface area is 207 Å². The minimum absolute atomic E-state index is 0.0132. The second-order valence-electron chi connectivity index (χ2n) is 8.52. The summed E-state index contributed by atoms with van der Waals surface area (Å²) in [6.07, 6.45) is 1.30. The molecule has 0 atom stereocenters. The fourth-order valence-corrected chi connectivity index (χ4v) is 3.76. The number of halogens is 1. The zero-order valence-corrected chi connectivity index (χ0v) is 19.9. The number of likely N-dealkylation sites (N-methyl/N-ethyl adjacent to an activating group) is 1. The van der Waals surface area contributed by atoms with E-state index < -0.39 is 17.6 Å². The van der Waals surface area contributed by atoms with Crippen LogP contribution in [0.25, 0.3) is 0 Å². The summed E-state index contributed by atoms with van der Waals surface area (Å²) in [6.45, 7) is 5.12. The second-order valence-corrected chi connectivity index (χ2v) is 8.52. The van der Waals surface area contributed by atoms with Crippen LogP contribution in [-0.4, -0.2) is 83.8 Å². The van der Waals surface area contributed by atoms with Crippen molar-refractivity contribution in [1.82, 2.24) is 25.1 Å². The van der Waals surface area contributed by atoms with E-state index in [2.05, 4.69) is 42.8 Å². The highest BCUT2D eigenvalue weighted by Crippen LogP contribution is 2.16. The van der Waals surface area contributed by atoms with Crippen LogP contribution in [0.5, 0.6) is 0 Å². The Morgan fingerprint density at radius 1 is 0.889 bits per heavy atom. The van der Waals surface area contributed by atoms with E-state index in [0.29, 0.717) is 23.5 Å². The fourth-order valence-electron chi connectivity index (χ4n) is 3.76. The standard InChI is InChI=1S/C25H28FN7O3/c1-32-12-14-33(15-13-32)11-10-27-24(35)21-22(29-16-28-21)25(36)31-20-8-6-19(7-9-20)30-23(34)17-2-4-18(26)5-3-17/h2-9,16H,10-15H2,1H3,(H,27,35)(H,28,29)(H,30,34)(H,31,36). The first-order chi connectivity index (χ1) is 17.4. The molecular weight excluding hydrogens is 465 g/mol. The summed E-state index contributed by atoms with van der Waals surface area (Å²) in [5.74, 6) is -1.74. The third-order valence-electron chi connectivity index (χ3n) is 5.90. The lowest BCUT2D eigenvalue weighted by Gasteiger charge is -2.32. The third-order valence-corrected chi connectivity index (χ3v) is 5.90. The molecule has 0 saturated carbocycles. The Hall–Kier alpha value is -4.09. The number of imidazole rings is 1. The quantitative estimate of drug-likeness (QED) is 0.381. The predicted molar refractivity (Wildman–Crippen MR) is 134 cm³/mol. The number of nitrogens with zero attached hydrogens (tertiary/aromatic N) is 3. The molecule has 10 nitrogen and oxygen atoms in total. The zero-order valence-electron chi connectivity index (χ0n) is 19.9. The summed E-state index contributed by atoms with van der Waals surface area (Å²) < 4.78 is 13.0. The lowest BCUT2D eigenvalue weighted by Crippen LogP contribution is -2.47. The van der Waals surface area contributed by atoms with Crippen LogP contribution in [0.15, 0.2) is 54.9 Å². The van der Waals surface area contributed by atoms with Crippen molar-refractivity contribution >= 4 is 29.1 Å². The minimum atomic E-state index is -0.538. The van der Waals surface area contributed by atoms with Crippen LogP contribution < -0.4 is 16.0 Å². The van der Waals surface area contributed by atoms with Crippen molar-refractivity contribution in [2.75, 3.05) is 56.9 Å². The number of carbonyl (C=O) groups is 3. The highest BCUT2D eigenvalue weighted by atomic mass is 19.1. The molecule has 3 amide bonds. The molecule has 36 heavy (non-hydrogen) atoms. The number of carbonyl (C=O) groups excluding carboxylic acids is 3. The molecule has 1 saturated heterocycles.